The maximum absolute atomic E-state index is 12.7. The van der Waals surface area contributed by atoms with Crippen molar-refractivity contribution in [3.05, 3.63) is 18.0 Å². The number of carbonyl (C=O) groups is 1. The summed E-state index contributed by atoms with van der Waals surface area (Å²) >= 11 is 0. The minimum atomic E-state index is -0.0288. The fourth-order valence-electron chi connectivity index (χ4n) is 4.44. The van der Waals surface area contributed by atoms with Crippen LogP contribution in [0.3, 0.4) is 0 Å². The van der Waals surface area contributed by atoms with E-state index < -0.39 is 0 Å². The van der Waals surface area contributed by atoms with Gasteiger partial charge in [-0.2, -0.15) is 5.10 Å². The molecular weight excluding hydrogens is 342 g/mol. The van der Waals surface area contributed by atoms with E-state index in [1.165, 1.54) is 12.8 Å². The van der Waals surface area contributed by atoms with Crippen molar-refractivity contribution in [2.24, 2.45) is 11.8 Å². The summed E-state index contributed by atoms with van der Waals surface area (Å²) in [6, 6.07) is 1.82. The highest BCUT2D eigenvalue weighted by Crippen LogP contribution is 2.39. The Morgan fingerprint density at radius 1 is 1.30 bits per heavy atom. The molecule has 1 aromatic rings. The minimum Gasteiger partial charge on any atom is -0.381 e. The smallest absolute Gasteiger partial charge is 0.274 e. The van der Waals surface area contributed by atoms with E-state index >= 15 is 0 Å². The van der Waals surface area contributed by atoms with E-state index in [-0.39, 0.29) is 11.5 Å². The monoisotopic (exact) mass is 375 g/mol. The van der Waals surface area contributed by atoms with Crippen molar-refractivity contribution in [3.63, 3.8) is 0 Å². The molecule has 2 aliphatic heterocycles. The van der Waals surface area contributed by atoms with Gasteiger partial charge in [0.25, 0.3) is 5.91 Å². The number of hydrogen-bond acceptors (Lipinski definition) is 4. The Balaban J connectivity index is 1.24. The number of aryl methyl sites for hydroxylation is 1. The lowest BCUT2D eigenvalue weighted by Crippen LogP contribution is -2.51. The molecule has 0 aromatic carbocycles. The van der Waals surface area contributed by atoms with E-state index in [1.54, 1.807) is 4.68 Å². The van der Waals surface area contributed by atoms with Gasteiger partial charge in [-0.1, -0.05) is 0 Å². The Morgan fingerprint density at radius 2 is 2.11 bits per heavy atom. The van der Waals surface area contributed by atoms with Gasteiger partial charge in [0.2, 0.25) is 0 Å². The molecule has 0 bridgehead atoms. The van der Waals surface area contributed by atoms with Gasteiger partial charge < -0.3 is 14.4 Å². The van der Waals surface area contributed by atoms with Crippen molar-refractivity contribution in [1.82, 2.24) is 14.7 Å². The molecule has 2 saturated heterocycles. The van der Waals surface area contributed by atoms with Crippen LogP contribution in [-0.2, 0) is 16.0 Å². The molecule has 1 aliphatic carbocycles. The van der Waals surface area contributed by atoms with Gasteiger partial charge in [0.1, 0.15) is 5.69 Å². The molecule has 0 radical (unpaired) electrons. The summed E-state index contributed by atoms with van der Waals surface area (Å²) in [6.07, 6.45) is 9.87. The third-order valence-corrected chi connectivity index (χ3v) is 6.46. The first-order chi connectivity index (χ1) is 13.2. The van der Waals surface area contributed by atoms with Crippen LogP contribution >= 0.6 is 0 Å². The van der Waals surface area contributed by atoms with Gasteiger partial charge in [-0.05, 0) is 69.8 Å². The molecular formula is C21H33N3O3. The third kappa shape index (κ3) is 4.72. The van der Waals surface area contributed by atoms with Gasteiger partial charge in [-0.15, -0.1) is 0 Å². The molecule has 1 saturated carbocycles. The van der Waals surface area contributed by atoms with E-state index in [0.717, 1.165) is 77.5 Å². The van der Waals surface area contributed by atoms with E-state index in [9.17, 15) is 4.79 Å². The van der Waals surface area contributed by atoms with Crippen LogP contribution in [-0.4, -0.2) is 59.1 Å². The number of amides is 1. The van der Waals surface area contributed by atoms with Crippen molar-refractivity contribution in [1.29, 1.82) is 0 Å². The van der Waals surface area contributed by atoms with Gasteiger partial charge in [0.15, 0.2) is 0 Å². The number of hydrogen-bond donors (Lipinski definition) is 0. The van der Waals surface area contributed by atoms with Crippen molar-refractivity contribution in [3.8, 4) is 0 Å². The molecule has 6 nitrogen and oxygen atoms in total. The quantitative estimate of drug-likeness (QED) is 0.687. The largest absolute Gasteiger partial charge is 0.381 e. The minimum absolute atomic E-state index is 0.0288. The Labute approximate surface area is 162 Å². The SMILES string of the molecule is CCn1ccc(C(=O)N2CCC3(CC2)CC(CCOCC2CC2)CCO3)n1. The van der Waals surface area contributed by atoms with Gasteiger partial charge in [0.05, 0.1) is 5.60 Å². The van der Waals surface area contributed by atoms with Crippen LogP contribution in [0.5, 0.6) is 0 Å². The Bertz CT molecular complexity index is 632. The molecule has 3 heterocycles. The Kier molecular flexibility index (Phi) is 5.83. The lowest BCUT2D eigenvalue weighted by atomic mass is 9.78. The molecule has 3 aliphatic rings. The first kappa shape index (κ1) is 18.9. The van der Waals surface area contributed by atoms with Crippen LogP contribution in [0.25, 0.3) is 0 Å². The number of likely N-dealkylation sites (tertiary alicyclic amines) is 1. The van der Waals surface area contributed by atoms with Gasteiger partial charge in [-0.3, -0.25) is 9.48 Å². The van der Waals surface area contributed by atoms with Gasteiger partial charge >= 0.3 is 0 Å². The van der Waals surface area contributed by atoms with Crippen LogP contribution in [0.15, 0.2) is 12.3 Å². The molecule has 6 heteroatoms. The number of piperidine rings is 1. The molecule has 1 atom stereocenters. The first-order valence-corrected chi connectivity index (χ1v) is 10.7. The highest BCUT2D eigenvalue weighted by molar-refractivity contribution is 5.92. The zero-order valence-corrected chi connectivity index (χ0v) is 16.6. The lowest BCUT2D eigenvalue weighted by molar-refractivity contribution is -0.126. The number of rotatable bonds is 7. The van der Waals surface area contributed by atoms with Gasteiger partial charge in [0, 0.05) is 45.7 Å². The molecule has 1 amide bonds. The number of ether oxygens (including phenoxy) is 2. The van der Waals surface area contributed by atoms with E-state index in [4.69, 9.17) is 9.47 Å². The maximum Gasteiger partial charge on any atom is 0.274 e. The molecule has 1 unspecified atom stereocenters. The average molecular weight is 376 g/mol. The second-order valence-electron chi connectivity index (χ2n) is 8.55. The summed E-state index contributed by atoms with van der Waals surface area (Å²) in [6.45, 7) is 7.05. The van der Waals surface area contributed by atoms with Crippen molar-refractivity contribution >= 4 is 5.91 Å². The molecule has 1 aromatic heterocycles. The molecule has 3 fully saturated rings. The van der Waals surface area contributed by atoms with Crippen molar-refractivity contribution in [2.75, 3.05) is 32.9 Å². The number of aromatic nitrogens is 2. The summed E-state index contributed by atoms with van der Waals surface area (Å²) in [5, 5.41) is 4.36. The first-order valence-electron chi connectivity index (χ1n) is 10.7. The fourth-order valence-corrected chi connectivity index (χ4v) is 4.44. The van der Waals surface area contributed by atoms with Crippen LogP contribution in [0.4, 0.5) is 0 Å². The highest BCUT2D eigenvalue weighted by Gasteiger charge is 2.41. The normalized spacial score (nSPS) is 25.1. The van der Waals surface area contributed by atoms with Crippen LogP contribution in [0, 0.1) is 11.8 Å². The Hall–Kier alpha value is -1.40. The second-order valence-corrected chi connectivity index (χ2v) is 8.55. The fraction of sp³-hybridized carbons (Fsp3) is 0.810. The van der Waals surface area contributed by atoms with E-state index in [2.05, 4.69) is 5.10 Å². The molecule has 27 heavy (non-hydrogen) atoms. The summed E-state index contributed by atoms with van der Waals surface area (Å²) in [5.41, 5.74) is 0.530. The summed E-state index contributed by atoms with van der Waals surface area (Å²) < 4.78 is 13.9. The summed E-state index contributed by atoms with van der Waals surface area (Å²) in [7, 11) is 0. The zero-order chi connectivity index (χ0) is 18.7. The number of nitrogens with zero attached hydrogens (tertiary/aromatic N) is 3. The average Bonchev–Trinajstić information content (AvgIpc) is 3.39. The third-order valence-electron chi connectivity index (χ3n) is 6.46. The Morgan fingerprint density at radius 3 is 2.81 bits per heavy atom. The maximum atomic E-state index is 12.7. The van der Waals surface area contributed by atoms with Crippen LogP contribution < -0.4 is 0 Å². The molecule has 4 rings (SSSR count). The van der Waals surface area contributed by atoms with E-state index in [0.29, 0.717) is 11.6 Å². The predicted octanol–water partition coefficient (Wildman–Crippen LogP) is 3.12. The van der Waals surface area contributed by atoms with E-state index in [1.807, 2.05) is 24.1 Å². The molecule has 0 N–H and O–H groups in total. The second kappa shape index (κ2) is 8.31. The van der Waals surface area contributed by atoms with Crippen molar-refractivity contribution in [2.45, 2.75) is 64.0 Å². The molecule has 1 spiro atoms. The standard InChI is InChI=1S/C21H33N3O3/c1-2-24-10-5-19(22-24)20(25)23-11-8-21(9-12-23)15-17(7-14-27-21)6-13-26-16-18-3-4-18/h5,10,17-18H,2-4,6-9,11-16H2,1H3. The zero-order valence-electron chi connectivity index (χ0n) is 16.6. The van der Waals surface area contributed by atoms with Gasteiger partial charge in [-0.25, -0.2) is 0 Å². The van der Waals surface area contributed by atoms with Crippen LogP contribution in [0.2, 0.25) is 0 Å². The predicted molar refractivity (Wildman–Crippen MR) is 103 cm³/mol. The van der Waals surface area contributed by atoms with Crippen molar-refractivity contribution < 1.29 is 14.3 Å². The molecule has 150 valence electrons. The number of carbonyl (C=O) groups excluding carboxylic acids is 1. The summed E-state index contributed by atoms with van der Waals surface area (Å²) in [4.78, 5) is 14.6. The topological polar surface area (TPSA) is 56.6 Å². The summed E-state index contributed by atoms with van der Waals surface area (Å²) in [5.74, 6) is 1.59. The lowest BCUT2D eigenvalue weighted by Gasteiger charge is -2.46. The van der Waals surface area contributed by atoms with Crippen LogP contribution in [0.1, 0.15) is 62.4 Å². The highest BCUT2D eigenvalue weighted by atomic mass is 16.5.